The highest BCUT2D eigenvalue weighted by molar-refractivity contribution is 9.10. The summed E-state index contributed by atoms with van der Waals surface area (Å²) >= 11 is 11.4. The zero-order valence-corrected chi connectivity index (χ0v) is 20.9. The molecule has 31 heavy (non-hydrogen) atoms. The summed E-state index contributed by atoms with van der Waals surface area (Å²) in [5, 5.41) is 2.84. The van der Waals surface area contributed by atoms with Crippen LogP contribution in [0.25, 0.3) is 10.7 Å². The monoisotopic (exact) mass is 560 g/mol. The van der Waals surface area contributed by atoms with Crippen molar-refractivity contribution in [1.82, 2.24) is 19.0 Å². The van der Waals surface area contributed by atoms with Crippen molar-refractivity contribution in [3.05, 3.63) is 50.9 Å². The molecule has 3 aromatic rings. The summed E-state index contributed by atoms with van der Waals surface area (Å²) in [6, 6.07) is 9.84. The Morgan fingerprint density at radius 1 is 1.19 bits per heavy atom. The van der Waals surface area contributed by atoms with E-state index in [1.807, 2.05) is 24.3 Å². The molecule has 164 valence electrons. The van der Waals surface area contributed by atoms with Gasteiger partial charge in [0, 0.05) is 17.6 Å². The van der Waals surface area contributed by atoms with Gasteiger partial charge >= 0.3 is 0 Å². The van der Waals surface area contributed by atoms with E-state index in [2.05, 4.69) is 30.6 Å². The summed E-state index contributed by atoms with van der Waals surface area (Å²) in [6.45, 7) is 0.655. The van der Waals surface area contributed by atoms with Crippen molar-refractivity contribution in [2.45, 2.75) is 36.1 Å². The van der Waals surface area contributed by atoms with Crippen LogP contribution in [0, 0.1) is 0 Å². The first-order valence-corrected chi connectivity index (χ1v) is 13.7. The van der Waals surface area contributed by atoms with Crippen molar-refractivity contribution in [3.63, 3.8) is 0 Å². The van der Waals surface area contributed by atoms with E-state index in [4.69, 9.17) is 11.6 Å². The number of sulfonamides is 1. The number of amides is 1. The molecule has 0 bridgehead atoms. The molecule has 1 aliphatic rings. The van der Waals surface area contributed by atoms with Crippen LogP contribution < -0.4 is 5.32 Å². The minimum absolute atomic E-state index is 0.0989. The van der Waals surface area contributed by atoms with Gasteiger partial charge in [0.2, 0.25) is 10.4 Å². The SMILES string of the molecule is O=C1NCCCC[C@H]1N(Cc1ccc(Br)cc1)S(=O)(=O)c1ccc(-c2nsc(Cl)n2)s1. The van der Waals surface area contributed by atoms with Crippen molar-refractivity contribution in [3.8, 4) is 10.7 Å². The van der Waals surface area contributed by atoms with Crippen LogP contribution in [0.3, 0.4) is 0 Å². The molecule has 7 nitrogen and oxygen atoms in total. The minimum Gasteiger partial charge on any atom is -0.355 e. The Labute approximate surface area is 201 Å². The molecular weight excluding hydrogens is 544 g/mol. The first-order chi connectivity index (χ1) is 14.8. The number of carbonyl (C=O) groups is 1. The fourth-order valence-corrected chi connectivity index (χ4v) is 7.24. The Bertz CT molecular complexity index is 1180. The maximum absolute atomic E-state index is 13.7. The Balaban J connectivity index is 1.71. The predicted molar refractivity (Wildman–Crippen MR) is 126 cm³/mol. The van der Waals surface area contributed by atoms with Gasteiger partial charge in [-0.2, -0.15) is 8.68 Å². The van der Waals surface area contributed by atoms with Crippen LogP contribution in [-0.2, 0) is 21.4 Å². The van der Waals surface area contributed by atoms with Gasteiger partial charge in [-0.25, -0.2) is 13.4 Å². The number of aromatic nitrogens is 2. The van der Waals surface area contributed by atoms with Gasteiger partial charge in [0.1, 0.15) is 10.3 Å². The maximum Gasteiger partial charge on any atom is 0.253 e. The van der Waals surface area contributed by atoms with Crippen LogP contribution in [0.4, 0.5) is 0 Å². The quantitative estimate of drug-likeness (QED) is 0.477. The van der Waals surface area contributed by atoms with Crippen LogP contribution in [0.5, 0.6) is 0 Å². The van der Waals surface area contributed by atoms with E-state index in [9.17, 15) is 13.2 Å². The third kappa shape index (κ3) is 5.18. The summed E-state index contributed by atoms with van der Waals surface area (Å²) in [6.07, 6.45) is 2.07. The highest BCUT2D eigenvalue weighted by atomic mass is 79.9. The Kier molecular flexibility index (Phi) is 7.09. The van der Waals surface area contributed by atoms with Gasteiger partial charge in [-0.1, -0.05) is 28.1 Å². The van der Waals surface area contributed by atoms with Crippen molar-refractivity contribution < 1.29 is 13.2 Å². The fraction of sp³-hybridized carbons (Fsp3) is 0.316. The van der Waals surface area contributed by atoms with Gasteiger partial charge in [-0.05, 0) is 72.2 Å². The molecule has 1 aromatic carbocycles. The third-order valence-corrected chi connectivity index (χ3v) is 9.60. The third-order valence-electron chi connectivity index (χ3n) is 4.87. The molecule has 1 saturated heterocycles. The summed E-state index contributed by atoms with van der Waals surface area (Å²) < 4.78 is 34.2. The van der Waals surface area contributed by atoms with Gasteiger partial charge in [0.25, 0.3) is 10.0 Å². The van der Waals surface area contributed by atoms with Gasteiger partial charge in [0.05, 0.1) is 4.88 Å². The zero-order valence-electron chi connectivity index (χ0n) is 16.1. The van der Waals surface area contributed by atoms with Gasteiger partial charge in [-0.3, -0.25) is 4.79 Å². The van der Waals surface area contributed by atoms with Crippen LogP contribution in [0.15, 0.2) is 45.1 Å². The topological polar surface area (TPSA) is 92.3 Å². The molecule has 0 radical (unpaired) electrons. The second kappa shape index (κ2) is 9.63. The van der Waals surface area contributed by atoms with E-state index in [0.717, 1.165) is 45.7 Å². The molecule has 2 aromatic heterocycles. The maximum atomic E-state index is 13.7. The molecule has 3 heterocycles. The molecule has 1 aliphatic heterocycles. The van der Waals surface area contributed by atoms with Crippen molar-refractivity contribution >= 4 is 66.3 Å². The summed E-state index contributed by atoms with van der Waals surface area (Å²) in [5.74, 6) is 0.135. The van der Waals surface area contributed by atoms with Crippen LogP contribution in [-0.4, -0.2) is 40.6 Å². The molecule has 1 fully saturated rings. The zero-order chi connectivity index (χ0) is 22.0. The lowest BCUT2D eigenvalue weighted by atomic mass is 10.1. The number of rotatable bonds is 6. The van der Waals surface area contributed by atoms with Gasteiger partial charge < -0.3 is 5.32 Å². The number of hydrogen-bond acceptors (Lipinski definition) is 7. The number of benzene rings is 1. The molecule has 1 amide bonds. The number of nitrogens with zero attached hydrogens (tertiary/aromatic N) is 3. The van der Waals surface area contributed by atoms with E-state index in [1.165, 1.54) is 10.4 Å². The van der Waals surface area contributed by atoms with Gasteiger partial charge in [0.15, 0.2) is 5.82 Å². The Hall–Kier alpha value is -1.37. The van der Waals surface area contributed by atoms with E-state index in [1.54, 1.807) is 6.07 Å². The van der Waals surface area contributed by atoms with Crippen LogP contribution in [0.2, 0.25) is 4.47 Å². The minimum atomic E-state index is -3.94. The number of carbonyl (C=O) groups excluding carboxylic acids is 1. The highest BCUT2D eigenvalue weighted by Gasteiger charge is 2.37. The Morgan fingerprint density at radius 3 is 2.68 bits per heavy atom. The lowest BCUT2D eigenvalue weighted by Crippen LogP contribution is -2.48. The molecule has 1 atom stereocenters. The van der Waals surface area contributed by atoms with Crippen molar-refractivity contribution in [2.24, 2.45) is 0 Å². The molecule has 0 saturated carbocycles. The standard InChI is InChI=1S/C19H18BrClN4O3S3/c20-13-6-4-12(5-7-13)11-25(14-3-1-2-10-22-18(14)26)31(27,28)16-9-8-15(29-16)17-23-19(21)30-24-17/h4-9,14H,1-3,10-11H2,(H,22,26)/t14-/m1/s1. The summed E-state index contributed by atoms with van der Waals surface area (Å²) in [7, 11) is -3.94. The average Bonchev–Trinajstić information content (AvgIpc) is 3.35. The largest absolute Gasteiger partial charge is 0.355 e. The lowest BCUT2D eigenvalue weighted by molar-refractivity contribution is -0.124. The molecular formula is C19H18BrClN4O3S3. The summed E-state index contributed by atoms with van der Waals surface area (Å²) in [5.41, 5.74) is 0.800. The van der Waals surface area contributed by atoms with E-state index in [-0.39, 0.29) is 16.7 Å². The first kappa shape index (κ1) is 22.8. The number of thiophene rings is 1. The second-order valence-corrected chi connectivity index (χ2v) is 12.4. The first-order valence-electron chi connectivity index (χ1n) is 9.48. The molecule has 0 aliphatic carbocycles. The molecule has 1 N–H and O–H groups in total. The van der Waals surface area contributed by atoms with E-state index in [0.29, 0.717) is 28.1 Å². The summed E-state index contributed by atoms with van der Waals surface area (Å²) in [4.78, 5) is 17.5. The molecule has 4 rings (SSSR count). The van der Waals surface area contributed by atoms with Gasteiger partial charge in [-0.15, -0.1) is 11.3 Å². The second-order valence-electron chi connectivity index (χ2n) is 6.97. The molecule has 0 unspecified atom stereocenters. The lowest BCUT2D eigenvalue weighted by Gasteiger charge is -2.28. The van der Waals surface area contributed by atoms with E-state index >= 15 is 0 Å². The normalized spacial score (nSPS) is 17.5. The average molecular weight is 562 g/mol. The van der Waals surface area contributed by atoms with Crippen molar-refractivity contribution in [2.75, 3.05) is 6.54 Å². The Morgan fingerprint density at radius 2 is 1.97 bits per heavy atom. The van der Waals surface area contributed by atoms with E-state index < -0.39 is 16.1 Å². The molecule has 12 heteroatoms. The highest BCUT2D eigenvalue weighted by Crippen LogP contribution is 2.34. The predicted octanol–water partition coefficient (Wildman–Crippen LogP) is 4.54. The fourth-order valence-electron chi connectivity index (χ4n) is 3.33. The number of halogens is 2. The van der Waals surface area contributed by atoms with Crippen molar-refractivity contribution in [1.29, 1.82) is 0 Å². The smallest absolute Gasteiger partial charge is 0.253 e. The molecule has 0 spiro atoms. The number of nitrogens with one attached hydrogen (secondary N) is 1. The van der Waals surface area contributed by atoms with Crippen LogP contribution >= 0.6 is 50.4 Å². The van der Waals surface area contributed by atoms with Crippen LogP contribution in [0.1, 0.15) is 24.8 Å². The number of hydrogen-bond donors (Lipinski definition) is 1.